The summed E-state index contributed by atoms with van der Waals surface area (Å²) in [5, 5.41) is 0. The number of hydrogen-bond acceptors (Lipinski definition) is 3. The maximum Gasteiger partial charge on any atom is 0.123 e. The van der Waals surface area contributed by atoms with Crippen LogP contribution in [0.4, 0.5) is 0 Å². The molecule has 1 unspecified atom stereocenters. The third-order valence-corrected chi connectivity index (χ3v) is 4.07. The Hall–Kier alpha value is -1.22. The second-order valence-corrected chi connectivity index (χ2v) is 6.15. The molecule has 1 fully saturated rings. The molecule has 1 saturated carbocycles. The van der Waals surface area contributed by atoms with E-state index in [1.807, 2.05) is 25.1 Å². The van der Waals surface area contributed by atoms with Crippen molar-refractivity contribution in [1.29, 1.82) is 0 Å². The van der Waals surface area contributed by atoms with E-state index in [2.05, 4.69) is 6.92 Å². The third kappa shape index (κ3) is 4.14. The Labute approximate surface area is 122 Å². The first kappa shape index (κ1) is 15.2. The van der Waals surface area contributed by atoms with Gasteiger partial charge in [0, 0.05) is 6.04 Å². The minimum Gasteiger partial charge on any atom is -0.497 e. The van der Waals surface area contributed by atoms with Gasteiger partial charge in [0.05, 0.1) is 13.2 Å². The molecule has 112 valence electrons. The molecule has 0 bridgehead atoms. The van der Waals surface area contributed by atoms with Crippen molar-refractivity contribution in [2.45, 2.75) is 58.1 Å². The first-order valence-corrected chi connectivity index (χ1v) is 7.67. The Balaban J connectivity index is 2.09. The van der Waals surface area contributed by atoms with E-state index in [4.69, 9.17) is 15.2 Å². The topological polar surface area (TPSA) is 44.5 Å². The van der Waals surface area contributed by atoms with Crippen LogP contribution in [0.2, 0.25) is 0 Å². The lowest BCUT2D eigenvalue weighted by Gasteiger charge is -2.28. The summed E-state index contributed by atoms with van der Waals surface area (Å²) in [5.41, 5.74) is 7.09. The van der Waals surface area contributed by atoms with Crippen molar-refractivity contribution >= 4 is 0 Å². The van der Waals surface area contributed by atoms with Gasteiger partial charge in [-0.2, -0.15) is 0 Å². The van der Waals surface area contributed by atoms with Gasteiger partial charge >= 0.3 is 0 Å². The van der Waals surface area contributed by atoms with Crippen molar-refractivity contribution in [1.82, 2.24) is 0 Å². The van der Waals surface area contributed by atoms with Crippen molar-refractivity contribution < 1.29 is 9.47 Å². The van der Waals surface area contributed by atoms with Crippen LogP contribution < -0.4 is 15.2 Å². The highest BCUT2D eigenvalue weighted by molar-refractivity contribution is 5.41. The molecule has 1 aromatic carbocycles. The quantitative estimate of drug-likeness (QED) is 0.895. The SMILES string of the molecule is COc1ccc(OC2CCC(C)CC2)c(CC(C)N)c1. The lowest BCUT2D eigenvalue weighted by atomic mass is 9.89. The first-order chi connectivity index (χ1) is 9.58. The van der Waals surface area contributed by atoms with E-state index in [9.17, 15) is 0 Å². The molecule has 3 heteroatoms. The zero-order valence-corrected chi connectivity index (χ0v) is 12.9. The molecule has 3 nitrogen and oxygen atoms in total. The monoisotopic (exact) mass is 277 g/mol. The molecule has 2 rings (SSSR count). The summed E-state index contributed by atoms with van der Waals surface area (Å²) in [6.45, 7) is 4.34. The van der Waals surface area contributed by atoms with Crippen molar-refractivity contribution in [3.8, 4) is 11.5 Å². The number of nitrogens with two attached hydrogens (primary N) is 1. The molecule has 1 atom stereocenters. The van der Waals surface area contributed by atoms with E-state index in [0.717, 1.165) is 42.2 Å². The Morgan fingerprint density at radius 3 is 2.55 bits per heavy atom. The van der Waals surface area contributed by atoms with Crippen LogP contribution >= 0.6 is 0 Å². The van der Waals surface area contributed by atoms with Crippen LogP contribution in [0.15, 0.2) is 18.2 Å². The molecular weight excluding hydrogens is 250 g/mol. The summed E-state index contributed by atoms with van der Waals surface area (Å²) >= 11 is 0. The van der Waals surface area contributed by atoms with Gasteiger partial charge < -0.3 is 15.2 Å². The minimum absolute atomic E-state index is 0.121. The van der Waals surface area contributed by atoms with Crippen molar-refractivity contribution in [2.24, 2.45) is 11.7 Å². The number of hydrogen-bond donors (Lipinski definition) is 1. The van der Waals surface area contributed by atoms with Crippen LogP contribution in [0.25, 0.3) is 0 Å². The van der Waals surface area contributed by atoms with E-state index in [1.54, 1.807) is 7.11 Å². The second kappa shape index (κ2) is 6.98. The van der Waals surface area contributed by atoms with Gasteiger partial charge in [0.15, 0.2) is 0 Å². The molecule has 0 spiro atoms. The number of benzene rings is 1. The molecule has 20 heavy (non-hydrogen) atoms. The molecule has 0 aromatic heterocycles. The van der Waals surface area contributed by atoms with E-state index < -0.39 is 0 Å². The van der Waals surface area contributed by atoms with Crippen LogP contribution in [-0.2, 0) is 6.42 Å². The molecule has 0 aliphatic heterocycles. The summed E-state index contributed by atoms with van der Waals surface area (Å²) in [5.74, 6) is 2.68. The van der Waals surface area contributed by atoms with Gasteiger partial charge in [0.25, 0.3) is 0 Å². The zero-order valence-electron chi connectivity index (χ0n) is 12.9. The van der Waals surface area contributed by atoms with Gasteiger partial charge in [-0.15, -0.1) is 0 Å². The molecular formula is C17H27NO2. The normalized spacial score (nSPS) is 24.2. The fourth-order valence-corrected chi connectivity index (χ4v) is 2.83. The largest absolute Gasteiger partial charge is 0.497 e. The Bertz CT molecular complexity index is 423. The maximum absolute atomic E-state index is 6.22. The summed E-state index contributed by atoms with van der Waals surface area (Å²) in [7, 11) is 1.69. The van der Waals surface area contributed by atoms with E-state index in [1.165, 1.54) is 12.8 Å². The van der Waals surface area contributed by atoms with Crippen molar-refractivity contribution in [3.63, 3.8) is 0 Å². The smallest absolute Gasteiger partial charge is 0.123 e. The third-order valence-electron chi connectivity index (χ3n) is 4.07. The maximum atomic E-state index is 6.22. The summed E-state index contributed by atoms with van der Waals surface area (Å²) in [4.78, 5) is 0. The highest BCUT2D eigenvalue weighted by Crippen LogP contribution is 2.31. The zero-order chi connectivity index (χ0) is 14.5. The van der Waals surface area contributed by atoms with E-state index in [0.29, 0.717) is 6.10 Å². The van der Waals surface area contributed by atoms with E-state index in [-0.39, 0.29) is 6.04 Å². The Morgan fingerprint density at radius 2 is 1.95 bits per heavy atom. The number of ether oxygens (including phenoxy) is 2. The average molecular weight is 277 g/mol. The Morgan fingerprint density at radius 1 is 1.25 bits per heavy atom. The summed E-state index contributed by atoms with van der Waals surface area (Å²) < 4.78 is 11.5. The van der Waals surface area contributed by atoms with Crippen LogP contribution in [0.1, 0.15) is 45.1 Å². The summed E-state index contributed by atoms with van der Waals surface area (Å²) in [6, 6.07) is 6.15. The van der Waals surface area contributed by atoms with Crippen LogP contribution in [-0.4, -0.2) is 19.3 Å². The van der Waals surface area contributed by atoms with Crippen LogP contribution in [0.3, 0.4) is 0 Å². The fourth-order valence-electron chi connectivity index (χ4n) is 2.83. The van der Waals surface area contributed by atoms with Gasteiger partial charge in [-0.05, 0) is 68.7 Å². The van der Waals surface area contributed by atoms with Gasteiger partial charge in [-0.25, -0.2) is 0 Å². The lowest BCUT2D eigenvalue weighted by Crippen LogP contribution is -2.24. The molecule has 1 aromatic rings. The number of methoxy groups -OCH3 is 1. The average Bonchev–Trinajstić information content (AvgIpc) is 2.42. The minimum atomic E-state index is 0.121. The predicted octanol–water partition coefficient (Wildman–Crippen LogP) is 3.54. The highest BCUT2D eigenvalue weighted by Gasteiger charge is 2.20. The highest BCUT2D eigenvalue weighted by atomic mass is 16.5. The standard InChI is InChI=1S/C17H27NO2/c1-12-4-6-15(7-5-12)20-17-9-8-16(19-3)11-14(17)10-13(2)18/h8-9,11-13,15H,4-7,10,18H2,1-3H3. The predicted molar refractivity (Wildman–Crippen MR) is 82.4 cm³/mol. The lowest BCUT2D eigenvalue weighted by molar-refractivity contribution is 0.134. The Kier molecular flexibility index (Phi) is 5.30. The molecule has 0 radical (unpaired) electrons. The van der Waals surface area contributed by atoms with Crippen molar-refractivity contribution in [2.75, 3.05) is 7.11 Å². The number of rotatable bonds is 5. The molecule has 0 amide bonds. The molecule has 2 N–H and O–H groups in total. The van der Waals surface area contributed by atoms with Gasteiger partial charge in [0.2, 0.25) is 0 Å². The second-order valence-electron chi connectivity index (χ2n) is 6.15. The molecule has 1 aliphatic rings. The van der Waals surface area contributed by atoms with Gasteiger partial charge in [-0.3, -0.25) is 0 Å². The molecule has 0 saturated heterocycles. The molecule has 0 heterocycles. The fraction of sp³-hybridized carbons (Fsp3) is 0.647. The van der Waals surface area contributed by atoms with Crippen LogP contribution in [0.5, 0.6) is 11.5 Å². The van der Waals surface area contributed by atoms with E-state index >= 15 is 0 Å². The van der Waals surface area contributed by atoms with Crippen LogP contribution in [0, 0.1) is 5.92 Å². The first-order valence-electron chi connectivity index (χ1n) is 7.67. The summed E-state index contributed by atoms with van der Waals surface area (Å²) in [6.07, 6.45) is 6.02. The van der Waals surface area contributed by atoms with Gasteiger partial charge in [0.1, 0.15) is 11.5 Å². The van der Waals surface area contributed by atoms with Crippen molar-refractivity contribution in [3.05, 3.63) is 23.8 Å². The molecule has 1 aliphatic carbocycles. The van der Waals surface area contributed by atoms with Gasteiger partial charge in [-0.1, -0.05) is 6.92 Å².